The van der Waals surface area contributed by atoms with E-state index in [4.69, 9.17) is 4.74 Å². The number of ether oxygens (including phenoxy) is 1. The summed E-state index contributed by atoms with van der Waals surface area (Å²) >= 11 is 0. The Morgan fingerprint density at radius 3 is 2.46 bits per heavy atom. The van der Waals surface area contributed by atoms with Gasteiger partial charge in [0.2, 0.25) is 10.0 Å². The van der Waals surface area contributed by atoms with E-state index in [1.807, 2.05) is 4.90 Å². The third-order valence-electron chi connectivity index (χ3n) is 5.18. The van der Waals surface area contributed by atoms with Gasteiger partial charge in [0.05, 0.1) is 17.1 Å². The Balaban J connectivity index is 1.75. The molecule has 9 heteroatoms. The third kappa shape index (κ3) is 3.65. The molecule has 0 saturated carbocycles. The lowest BCUT2D eigenvalue weighted by atomic mass is 10.2. The molecular formula is C17H28N4O4S. The molecule has 0 spiro atoms. The summed E-state index contributed by atoms with van der Waals surface area (Å²) in [5.41, 5.74) is 1.28. The van der Waals surface area contributed by atoms with Gasteiger partial charge in [-0.25, -0.2) is 13.1 Å². The summed E-state index contributed by atoms with van der Waals surface area (Å²) in [6.07, 6.45) is 4.29. The van der Waals surface area contributed by atoms with Crippen molar-refractivity contribution >= 4 is 15.7 Å². The second-order valence-corrected chi connectivity index (χ2v) is 9.69. The molecule has 2 saturated heterocycles. The zero-order chi connectivity index (χ0) is 18.9. The first-order valence-corrected chi connectivity index (χ1v) is 10.8. The summed E-state index contributed by atoms with van der Waals surface area (Å²) in [6, 6.07) is 0. The second kappa shape index (κ2) is 7.66. The maximum atomic E-state index is 12.7. The maximum Gasteiger partial charge on any atom is 0.274 e. The fraction of sp³-hybridized carbons (Fsp3) is 0.765. The summed E-state index contributed by atoms with van der Waals surface area (Å²) in [5, 5.41) is 3.92. The first kappa shape index (κ1) is 19.3. The Bertz CT molecular complexity index is 791. The van der Waals surface area contributed by atoms with Crippen molar-refractivity contribution < 1.29 is 13.2 Å². The molecule has 2 aliphatic rings. The van der Waals surface area contributed by atoms with Crippen LogP contribution in [0.25, 0.3) is 0 Å². The standard InChI is InChI=1S/C17H28N4O4S/c1-13(2)26(23,24)20-9-7-19(8-10-20)15-12-18-21(17(22)14(15)3)16-6-4-5-11-25-16/h12-13,16H,4-11H2,1-3H3. The number of hydrogen-bond donors (Lipinski definition) is 0. The second-order valence-electron chi connectivity index (χ2n) is 7.21. The first-order valence-electron chi connectivity index (χ1n) is 9.26. The molecule has 1 atom stereocenters. The van der Waals surface area contributed by atoms with Crippen LogP contribution in [0, 0.1) is 6.92 Å². The van der Waals surface area contributed by atoms with Crippen LogP contribution < -0.4 is 10.5 Å². The minimum atomic E-state index is -3.24. The van der Waals surface area contributed by atoms with Crippen molar-refractivity contribution in [3.63, 3.8) is 0 Å². The molecule has 1 aromatic heterocycles. The minimum absolute atomic E-state index is 0.133. The zero-order valence-electron chi connectivity index (χ0n) is 15.7. The van der Waals surface area contributed by atoms with Gasteiger partial charge < -0.3 is 9.64 Å². The molecule has 0 bridgehead atoms. The molecule has 8 nitrogen and oxygen atoms in total. The molecule has 0 aromatic carbocycles. The molecule has 2 fully saturated rings. The number of aromatic nitrogens is 2. The van der Waals surface area contributed by atoms with Gasteiger partial charge in [0.25, 0.3) is 5.56 Å². The van der Waals surface area contributed by atoms with Crippen molar-refractivity contribution in [2.75, 3.05) is 37.7 Å². The third-order valence-corrected chi connectivity index (χ3v) is 7.46. The van der Waals surface area contributed by atoms with Crippen molar-refractivity contribution in [1.82, 2.24) is 14.1 Å². The van der Waals surface area contributed by atoms with E-state index < -0.39 is 15.3 Å². The van der Waals surface area contributed by atoms with E-state index in [0.717, 1.165) is 24.9 Å². The summed E-state index contributed by atoms with van der Waals surface area (Å²) in [6.45, 7) is 7.81. The van der Waals surface area contributed by atoms with E-state index in [9.17, 15) is 13.2 Å². The highest BCUT2D eigenvalue weighted by Gasteiger charge is 2.30. The van der Waals surface area contributed by atoms with Crippen LogP contribution in [0.15, 0.2) is 11.0 Å². The fourth-order valence-electron chi connectivity index (χ4n) is 3.47. The normalized spacial score (nSPS) is 22.8. The van der Waals surface area contributed by atoms with Crippen LogP contribution in [0.3, 0.4) is 0 Å². The van der Waals surface area contributed by atoms with Crippen molar-refractivity contribution in [2.45, 2.75) is 51.5 Å². The molecule has 1 unspecified atom stereocenters. The van der Waals surface area contributed by atoms with Crippen LogP contribution in [-0.4, -0.2) is 60.5 Å². The van der Waals surface area contributed by atoms with Gasteiger partial charge in [0.1, 0.15) is 0 Å². The van der Waals surface area contributed by atoms with Gasteiger partial charge in [0.15, 0.2) is 6.23 Å². The highest BCUT2D eigenvalue weighted by Crippen LogP contribution is 2.23. The molecule has 1 aromatic rings. The van der Waals surface area contributed by atoms with Gasteiger partial charge in [-0.1, -0.05) is 0 Å². The summed E-state index contributed by atoms with van der Waals surface area (Å²) in [7, 11) is -3.24. The monoisotopic (exact) mass is 384 g/mol. The average Bonchev–Trinajstić information content (AvgIpc) is 2.64. The van der Waals surface area contributed by atoms with E-state index in [0.29, 0.717) is 38.3 Å². The first-order chi connectivity index (χ1) is 12.3. The van der Waals surface area contributed by atoms with Crippen LogP contribution in [0.4, 0.5) is 5.69 Å². The number of anilines is 1. The molecule has 0 radical (unpaired) electrons. The molecule has 0 amide bonds. The predicted molar refractivity (Wildman–Crippen MR) is 99.9 cm³/mol. The molecule has 3 heterocycles. The van der Waals surface area contributed by atoms with Gasteiger partial charge >= 0.3 is 0 Å². The van der Waals surface area contributed by atoms with E-state index in [2.05, 4.69) is 5.10 Å². The number of nitrogens with zero attached hydrogens (tertiary/aromatic N) is 4. The van der Waals surface area contributed by atoms with E-state index in [1.165, 1.54) is 8.99 Å². The van der Waals surface area contributed by atoms with Crippen molar-refractivity contribution in [1.29, 1.82) is 0 Å². The van der Waals surface area contributed by atoms with Crippen molar-refractivity contribution in [3.8, 4) is 0 Å². The molecule has 3 rings (SSSR count). The Morgan fingerprint density at radius 2 is 1.88 bits per heavy atom. The highest BCUT2D eigenvalue weighted by atomic mass is 32.2. The van der Waals surface area contributed by atoms with E-state index >= 15 is 0 Å². The van der Waals surface area contributed by atoms with Crippen LogP contribution >= 0.6 is 0 Å². The lowest BCUT2D eigenvalue weighted by molar-refractivity contribution is -0.0425. The Labute approximate surface area is 154 Å². The average molecular weight is 385 g/mol. The smallest absolute Gasteiger partial charge is 0.274 e. The predicted octanol–water partition coefficient (Wildman–Crippen LogP) is 1.11. The van der Waals surface area contributed by atoms with Crippen molar-refractivity contribution in [2.24, 2.45) is 0 Å². The lowest BCUT2D eigenvalue weighted by Crippen LogP contribution is -2.51. The van der Waals surface area contributed by atoms with Crippen LogP contribution in [0.2, 0.25) is 0 Å². The van der Waals surface area contributed by atoms with E-state index in [1.54, 1.807) is 27.0 Å². The summed E-state index contributed by atoms with van der Waals surface area (Å²) in [4.78, 5) is 14.8. The Kier molecular flexibility index (Phi) is 5.69. The quantitative estimate of drug-likeness (QED) is 0.773. The molecule has 0 N–H and O–H groups in total. The highest BCUT2D eigenvalue weighted by molar-refractivity contribution is 7.89. The number of hydrogen-bond acceptors (Lipinski definition) is 6. The number of sulfonamides is 1. The topological polar surface area (TPSA) is 84.7 Å². The molecule has 146 valence electrons. The molecule has 2 aliphatic heterocycles. The van der Waals surface area contributed by atoms with Gasteiger partial charge in [-0.05, 0) is 40.0 Å². The lowest BCUT2D eigenvalue weighted by Gasteiger charge is -2.36. The van der Waals surface area contributed by atoms with E-state index in [-0.39, 0.29) is 11.8 Å². The Hall–Kier alpha value is -1.45. The summed E-state index contributed by atoms with van der Waals surface area (Å²) in [5.74, 6) is 0. The zero-order valence-corrected chi connectivity index (χ0v) is 16.5. The Morgan fingerprint density at radius 1 is 1.19 bits per heavy atom. The van der Waals surface area contributed by atoms with Crippen molar-refractivity contribution in [3.05, 3.63) is 22.1 Å². The van der Waals surface area contributed by atoms with Gasteiger partial charge in [0, 0.05) is 38.3 Å². The van der Waals surface area contributed by atoms with Gasteiger partial charge in [-0.2, -0.15) is 9.40 Å². The molecule has 0 aliphatic carbocycles. The fourth-order valence-corrected chi connectivity index (χ4v) is 4.74. The number of rotatable bonds is 4. The van der Waals surface area contributed by atoms with Gasteiger partial charge in [-0.3, -0.25) is 4.79 Å². The SMILES string of the molecule is Cc1c(N2CCN(S(=O)(=O)C(C)C)CC2)cnn(C2CCCCO2)c1=O. The largest absolute Gasteiger partial charge is 0.367 e. The maximum absolute atomic E-state index is 12.7. The van der Waals surface area contributed by atoms with Gasteiger partial charge in [-0.15, -0.1) is 0 Å². The minimum Gasteiger partial charge on any atom is -0.367 e. The number of piperazine rings is 1. The molecular weight excluding hydrogens is 356 g/mol. The van der Waals surface area contributed by atoms with Crippen LogP contribution in [-0.2, 0) is 14.8 Å². The van der Waals surface area contributed by atoms with Crippen LogP contribution in [0.5, 0.6) is 0 Å². The molecule has 26 heavy (non-hydrogen) atoms. The summed E-state index contributed by atoms with van der Waals surface area (Å²) < 4.78 is 33.2. The van der Waals surface area contributed by atoms with Crippen LogP contribution in [0.1, 0.15) is 44.9 Å².